The molecule has 8 nitrogen and oxygen atoms in total. The van der Waals surface area contributed by atoms with Crippen LogP contribution in [0.15, 0.2) is 93.2 Å². The van der Waals surface area contributed by atoms with Gasteiger partial charge >= 0.3 is 0 Å². The van der Waals surface area contributed by atoms with Crippen LogP contribution < -0.4 is 5.32 Å². The summed E-state index contributed by atoms with van der Waals surface area (Å²) >= 11 is 1.42. The number of hydrogen-bond acceptors (Lipinski definition) is 7. The molecule has 0 aliphatic carbocycles. The third-order valence-corrected chi connectivity index (χ3v) is 6.74. The molecule has 0 saturated heterocycles. The van der Waals surface area contributed by atoms with Crippen molar-refractivity contribution >= 4 is 17.7 Å². The predicted molar refractivity (Wildman–Crippen MR) is 142 cm³/mol. The van der Waals surface area contributed by atoms with Crippen LogP contribution in [0.1, 0.15) is 40.9 Å². The number of furan rings is 1. The average Bonchev–Trinajstić information content (AvgIpc) is 3.67. The molecule has 0 aliphatic rings. The summed E-state index contributed by atoms with van der Waals surface area (Å²) in [5.41, 5.74) is 3.56. The number of nitrogens with zero attached hydrogens (tertiary/aromatic N) is 4. The molecule has 9 heteroatoms. The van der Waals surface area contributed by atoms with E-state index in [2.05, 4.69) is 38.7 Å². The van der Waals surface area contributed by atoms with Gasteiger partial charge in [-0.1, -0.05) is 54.2 Å². The van der Waals surface area contributed by atoms with E-state index in [1.54, 1.807) is 6.26 Å². The highest BCUT2D eigenvalue weighted by atomic mass is 32.2. The molecule has 0 bridgehead atoms. The van der Waals surface area contributed by atoms with Gasteiger partial charge in [0.15, 0.2) is 16.6 Å². The summed E-state index contributed by atoms with van der Waals surface area (Å²) in [5, 5.41) is 12.4. The van der Waals surface area contributed by atoms with Crippen molar-refractivity contribution in [3.63, 3.8) is 0 Å². The summed E-state index contributed by atoms with van der Waals surface area (Å²) in [6.45, 7) is 4.03. The lowest BCUT2D eigenvalue weighted by molar-refractivity contribution is 0.0933. The molecule has 0 radical (unpaired) electrons. The number of oxazole rings is 1. The molecule has 0 saturated carbocycles. The van der Waals surface area contributed by atoms with Crippen LogP contribution in [0.3, 0.4) is 0 Å². The van der Waals surface area contributed by atoms with Gasteiger partial charge in [-0.15, -0.1) is 10.2 Å². The Kier molecular flexibility index (Phi) is 7.51. The van der Waals surface area contributed by atoms with Gasteiger partial charge in [0.2, 0.25) is 11.7 Å². The summed E-state index contributed by atoms with van der Waals surface area (Å²) in [5.74, 6) is 1.81. The quantitative estimate of drug-likeness (QED) is 0.233. The van der Waals surface area contributed by atoms with Crippen molar-refractivity contribution in [2.24, 2.45) is 0 Å². The Hall–Kier alpha value is -4.11. The van der Waals surface area contributed by atoms with Gasteiger partial charge in [0, 0.05) is 6.04 Å². The van der Waals surface area contributed by atoms with E-state index >= 15 is 0 Å². The number of nitrogens with one attached hydrogen (secondary N) is 1. The Balaban J connectivity index is 1.24. The topological polar surface area (TPSA) is 99.0 Å². The van der Waals surface area contributed by atoms with Crippen LogP contribution in [-0.2, 0) is 12.2 Å². The second-order valence-electron chi connectivity index (χ2n) is 8.77. The number of aryl methyl sites for hydroxylation is 2. The number of rotatable bonds is 10. The number of amides is 1. The maximum atomic E-state index is 12.7. The number of hydrogen-bond donors (Lipinski definition) is 1. The Morgan fingerprint density at radius 1 is 1.05 bits per heavy atom. The normalized spacial score (nSPS) is 11.9. The van der Waals surface area contributed by atoms with Gasteiger partial charge in [0.1, 0.15) is 6.26 Å². The van der Waals surface area contributed by atoms with E-state index in [-0.39, 0.29) is 17.6 Å². The van der Waals surface area contributed by atoms with E-state index in [1.807, 2.05) is 66.9 Å². The van der Waals surface area contributed by atoms with Crippen LogP contribution in [0.2, 0.25) is 0 Å². The van der Waals surface area contributed by atoms with Crippen LogP contribution in [0, 0.1) is 6.92 Å². The van der Waals surface area contributed by atoms with Crippen LogP contribution in [0.5, 0.6) is 0 Å². The Morgan fingerprint density at radius 2 is 1.92 bits per heavy atom. The number of carbonyl (C=O) groups excluding carboxylic acids is 1. The van der Waals surface area contributed by atoms with E-state index in [0.29, 0.717) is 28.4 Å². The fourth-order valence-electron chi connectivity index (χ4n) is 3.93. The minimum absolute atomic E-state index is 0.00938. The second kappa shape index (κ2) is 11.3. The third kappa shape index (κ3) is 6.00. The minimum atomic E-state index is -0.247. The van der Waals surface area contributed by atoms with Gasteiger partial charge in [0.25, 0.3) is 5.91 Å². The SMILES string of the molecule is Cc1cccc(-n2c(SCc3nc(C(=O)NC(C)CCc4ccccc4)co3)nnc2-c2ccco2)c1. The van der Waals surface area contributed by atoms with E-state index in [0.717, 1.165) is 24.1 Å². The lowest BCUT2D eigenvalue weighted by Gasteiger charge is -2.12. The molecule has 1 atom stereocenters. The predicted octanol–water partition coefficient (Wildman–Crippen LogP) is 5.87. The molecular formula is C28H27N5O3S. The molecule has 0 aliphatic heterocycles. The zero-order chi connectivity index (χ0) is 25.6. The van der Waals surface area contributed by atoms with Crippen LogP contribution in [-0.4, -0.2) is 31.7 Å². The fourth-order valence-corrected chi connectivity index (χ4v) is 4.74. The van der Waals surface area contributed by atoms with Crippen molar-refractivity contribution in [1.29, 1.82) is 0 Å². The maximum Gasteiger partial charge on any atom is 0.273 e. The highest BCUT2D eigenvalue weighted by Gasteiger charge is 2.20. The fraction of sp³-hybridized carbons (Fsp3) is 0.214. The van der Waals surface area contributed by atoms with Crippen LogP contribution in [0.25, 0.3) is 17.3 Å². The van der Waals surface area contributed by atoms with E-state index < -0.39 is 0 Å². The Morgan fingerprint density at radius 3 is 2.70 bits per heavy atom. The molecule has 1 unspecified atom stereocenters. The molecule has 5 aromatic rings. The van der Waals surface area contributed by atoms with E-state index in [1.165, 1.54) is 23.6 Å². The van der Waals surface area contributed by atoms with Crippen molar-refractivity contribution < 1.29 is 13.6 Å². The van der Waals surface area contributed by atoms with Gasteiger partial charge in [-0.25, -0.2) is 4.98 Å². The molecule has 2 aromatic carbocycles. The van der Waals surface area contributed by atoms with Crippen LogP contribution in [0.4, 0.5) is 0 Å². The molecule has 0 fully saturated rings. The van der Waals surface area contributed by atoms with Gasteiger partial charge in [-0.2, -0.15) is 0 Å². The van der Waals surface area contributed by atoms with Gasteiger partial charge in [-0.3, -0.25) is 9.36 Å². The van der Waals surface area contributed by atoms with Crippen molar-refractivity contribution in [3.8, 4) is 17.3 Å². The van der Waals surface area contributed by atoms with Crippen molar-refractivity contribution in [2.75, 3.05) is 0 Å². The molecular weight excluding hydrogens is 486 g/mol. The summed E-state index contributed by atoms with van der Waals surface area (Å²) < 4.78 is 13.1. The summed E-state index contributed by atoms with van der Waals surface area (Å²) in [6.07, 6.45) is 4.74. The Bertz CT molecular complexity index is 1460. The number of thioether (sulfide) groups is 1. The zero-order valence-corrected chi connectivity index (χ0v) is 21.4. The summed E-state index contributed by atoms with van der Waals surface area (Å²) in [6, 6.07) is 22.0. The van der Waals surface area contributed by atoms with Crippen molar-refractivity contribution in [1.82, 2.24) is 25.1 Å². The number of carbonyl (C=O) groups is 1. The van der Waals surface area contributed by atoms with Crippen LogP contribution >= 0.6 is 11.8 Å². The molecule has 0 spiro atoms. The summed E-state index contributed by atoms with van der Waals surface area (Å²) in [4.78, 5) is 17.1. The lowest BCUT2D eigenvalue weighted by atomic mass is 10.1. The zero-order valence-electron chi connectivity index (χ0n) is 20.6. The Labute approximate surface area is 219 Å². The van der Waals surface area contributed by atoms with E-state index in [4.69, 9.17) is 8.83 Å². The average molecular weight is 514 g/mol. The van der Waals surface area contributed by atoms with Crippen molar-refractivity contribution in [3.05, 3.63) is 102 Å². The first-order valence-corrected chi connectivity index (χ1v) is 13.0. The molecule has 1 N–H and O–H groups in total. The minimum Gasteiger partial charge on any atom is -0.461 e. The first-order valence-electron chi connectivity index (χ1n) is 12.0. The standard InChI is InChI=1S/C28H27N5O3S/c1-19-8-6-11-22(16-19)33-26(24-12-7-15-35-24)31-32-28(33)37-18-25-30-23(17-36-25)27(34)29-20(2)13-14-21-9-4-3-5-10-21/h3-12,15-17,20H,13-14,18H2,1-2H3,(H,29,34). The van der Waals surface area contributed by atoms with Gasteiger partial charge in [-0.05, 0) is 62.1 Å². The number of aromatic nitrogens is 4. The highest BCUT2D eigenvalue weighted by molar-refractivity contribution is 7.98. The smallest absolute Gasteiger partial charge is 0.273 e. The molecule has 5 rings (SSSR count). The monoisotopic (exact) mass is 513 g/mol. The second-order valence-corrected chi connectivity index (χ2v) is 9.71. The highest BCUT2D eigenvalue weighted by Crippen LogP contribution is 2.30. The molecule has 3 aromatic heterocycles. The van der Waals surface area contributed by atoms with Gasteiger partial charge < -0.3 is 14.2 Å². The van der Waals surface area contributed by atoms with Crippen molar-refractivity contribution in [2.45, 2.75) is 43.6 Å². The molecule has 37 heavy (non-hydrogen) atoms. The molecule has 3 heterocycles. The molecule has 188 valence electrons. The molecule has 1 amide bonds. The summed E-state index contributed by atoms with van der Waals surface area (Å²) in [7, 11) is 0. The maximum absolute atomic E-state index is 12.7. The first-order chi connectivity index (χ1) is 18.1. The van der Waals surface area contributed by atoms with E-state index in [9.17, 15) is 4.79 Å². The lowest BCUT2D eigenvalue weighted by Crippen LogP contribution is -2.33. The largest absolute Gasteiger partial charge is 0.461 e. The van der Waals surface area contributed by atoms with Gasteiger partial charge in [0.05, 0.1) is 17.7 Å². The third-order valence-electron chi connectivity index (χ3n) is 5.83. The first kappa shape index (κ1) is 24.6. The number of benzene rings is 2.